The summed E-state index contributed by atoms with van der Waals surface area (Å²) in [6, 6.07) is 5.56. The summed E-state index contributed by atoms with van der Waals surface area (Å²) < 4.78 is 50.8. The SMILES string of the molecule is CC(C)N(Cc1ccc(N)cc1)C(=O)C(F)(F)C(F)F. The molecule has 3 nitrogen and oxygen atoms in total. The van der Waals surface area contributed by atoms with Gasteiger partial charge in [-0.3, -0.25) is 4.79 Å². The number of carbonyl (C=O) groups excluding carboxylic acids is 1. The van der Waals surface area contributed by atoms with Gasteiger partial charge in [-0.25, -0.2) is 8.78 Å². The zero-order valence-corrected chi connectivity index (χ0v) is 11.1. The summed E-state index contributed by atoms with van der Waals surface area (Å²) in [7, 11) is 0. The van der Waals surface area contributed by atoms with Gasteiger partial charge in [-0.1, -0.05) is 12.1 Å². The molecule has 0 spiro atoms. The summed E-state index contributed by atoms with van der Waals surface area (Å²) in [4.78, 5) is 12.3. The molecule has 7 heteroatoms. The molecule has 0 atom stereocenters. The highest BCUT2D eigenvalue weighted by Crippen LogP contribution is 2.27. The van der Waals surface area contributed by atoms with E-state index in [-0.39, 0.29) is 6.54 Å². The van der Waals surface area contributed by atoms with Crippen LogP contribution in [0.3, 0.4) is 0 Å². The Kier molecular flexibility index (Phi) is 4.97. The highest BCUT2D eigenvalue weighted by atomic mass is 19.3. The van der Waals surface area contributed by atoms with Crippen molar-refractivity contribution in [2.24, 2.45) is 0 Å². The summed E-state index contributed by atoms with van der Waals surface area (Å²) in [5, 5.41) is 0. The van der Waals surface area contributed by atoms with Gasteiger partial charge < -0.3 is 10.6 Å². The van der Waals surface area contributed by atoms with E-state index < -0.39 is 24.3 Å². The monoisotopic (exact) mass is 292 g/mol. The molecule has 1 rings (SSSR count). The van der Waals surface area contributed by atoms with Crippen molar-refractivity contribution in [2.75, 3.05) is 5.73 Å². The summed E-state index contributed by atoms with van der Waals surface area (Å²) in [5.74, 6) is -6.56. The minimum atomic E-state index is -4.68. The Morgan fingerprint density at radius 1 is 1.25 bits per heavy atom. The Bertz CT molecular complexity index is 460. The summed E-state index contributed by atoms with van der Waals surface area (Å²) in [5.41, 5.74) is 6.50. The molecular weight excluding hydrogens is 276 g/mol. The normalized spacial score (nSPS) is 12.0. The summed E-state index contributed by atoms with van der Waals surface area (Å²) in [6.07, 6.45) is -4.03. The topological polar surface area (TPSA) is 46.3 Å². The fraction of sp³-hybridized carbons (Fsp3) is 0.462. The Morgan fingerprint density at radius 3 is 2.15 bits per heavy atom. The van der Waals surface area contributed by atoms with E-state index in [0.29, 0.717) is 11.3 Å². The first-order chi connectivity index (χ1) is 9.16. The number of benzene rings is 1. The number of rotatable bonds is 5. The molecule has 1 aromatic rings. The maximum atomic E-state index is 13.2. The number of anilines is 1. The van der Waals surface area contributed by atoms with Crippen molar-refractivity contribution in [3.8, 4) is 0 Å². The van der Waals surface area contributed by atoms with Crippen LogP contribution in [0.15, 0.2) is 24.3 Å². The van der Waals surface area contributed by atoms with Crippen LogP contribution in [0.4, 0.5) is 23.2 Å². The van der Waals surface area contributed by atoms with Crippen LogP contribution in [0.25, 0.3) is 0 Å². The van der Waals surface area contributed by atoms with Crippen LogP contribution < -0.4 is 5.73 Å². The van der Waals surface area contributed by atoms with Gasteiger partial charge in [0.1, 0.15) is 0 Å². The minimum absolute atomic E-state index is 0.181. The second-order valence-corrected chi connectivity index (χ2v) is 4.69. The quantitative estimate of drug-likeness (QED) is 0.670. The molecule has 0 aliphatic rings. The molecule has 0 saturated heterocycles. The van der Waals surface area contributed by atoms with Gasteiger partial charge in [-0.15, -0.1) is 0 Å². The third-order valence-electron chi connectivity index (χ3n) is 2.78. The van der Waals surface area contributed by atoms with E-state index in [0.717, 1.165) is 4.90 Å². The number of carbonyl (C=O) groups is 1. The lowest BCUT2D eigenvalue weighted by atomic mass is 10.1. The second kappa shape index (κ2) is 6.11. The molecule has 1 aromatic carbocycles. The van der Waals surface area contributed by atoms with E-state index in [9.17, 15) is 22.4 Å². The Morgan fingerprint density at radius 2 is 1.75 bits per heavy atom. The highest BCUT2D eigenvalue weighted by Gasteiger charge is 2.51. The van der Waals surface area contributed by atoms with Crippen LogP contribution >= 0.6 is 0 Å². The molecule has 112 valence electrons. The molecule has 0 aliphatic heterocycles. The molecule has 0 unspecified atom stereocenters. The average molecular weight is 292 g/mol. The van der Waals surface area contributed by atoms with Crippen molar-refractivity contribution in [2.45, 2.75) is 38.8 Å². The highest BCUT2D eigenvalue weighted by molar-refractivity contribution is 5.84. The lowest BCUT2D eigenvalue weighted by Gasteiger charge is -2.30. The van der Waals surface area contributed by atoms with E-state index in [4.69, 9.17) is 5.73 Å². The molecule has 0 aliphatic carbocycles. The van der Waals surface area contributed by atoms with Crippen LogP contribution in [0.5, 0.6) is 0 Å². The van der Waals surface area contributed by atoms with E-state index >= 15 is 0 Å². The number of nitrogens with zero attached hydrogens (tertiary/aromatic N) is 1. The van der Waals surface area contributed by atoms with E-state index in [1.807, 2.05) is 0 Å². The van der Waals surface area contributed by atoms with Gasteiger partial charge >= 0.3 is 12.3 Å². The van der Waals surface area contributed by atoms with Crippen LogP contribution in [0, 0.1) is 0 Å². The van der Waals surface area contributed by atoms with Crippen LogP contribution in [0.2, 0.25) is 0 Å². The molecule has 0 bridgehead atoms. The average Bonchev–Trinajstić information content (AvgIpc) is 2.36. The van der Waals surface area contributed by atoms with Crippen molar-refractivity contribution >= 4 is 11.6 Å². The molecule has 1 amide bonds. The van der Waals surface area contributed by atoms with Crippen LogP contribution in [-0.2, 0) is 11.3 Å². The van der Waals surface area contributed by atoms with Gasteiger partial charge in [0.15, 0.2) is 0 Å². The minimum Gasteiger partial charge on any atom is -0.399 e. The van der Waals surface area contributed by atoms with E-state index in [2.05, 4.69) is 0 Å². The molecule has 0 fully saturated rings. The molecule has 2 N–H and O–H groups in total. The number of halogens is 4. The number of hydrogen-bond acceptors (Lipinski definition) is 2. The standard InChI is InChI=1S/C13H16F4N2O/c1-8(2)19(12(20)13(16,17)11(14)15)7-9-3-5-10(18)6-4-9/h3-6,8,11H,7,18H2,1-2H3. The second-order valence-electron chi connectivity index (χ2n) is 4.69. The van der Waals surface area contributed by atoms with Gasteiger partial charge in [-0.2, -0.15) is 8.78 Å². The van der Waals surface area contributed by atoms with Gasteiger partial charge in [0, 0.05) is 18.3 Å². The largest absolute Gasteiger partial charge is 0.399 e. The maximum absolute atomic E-state index is 13.2. The molecule has 20 heavy (non-hydrogen) atoms. The van der Waals surface area contributed by atoms with E-state index in [1.165, 1.54) is 13.8 Å². The first-order valence-corrected chi connectivity index (χ1v) is 5.97. The Balaban J connectivity index is 2.95. The lowest BCUT2D eigenvalue weighted by Crippen LogP contribution is -2.49. The Hall–Kier alpha value is -1.79. The van der Waals surface area contributed by atoms with Gasteiger partial charge in [0.2, 0.25) is 0 Å². The number of nitrogens with two attached hydrogens (primary N) is 1. The first kappa shape index (κ1) is 16.3. The summed E-state index contributed by atoms with van der Waals surface area (Å²) in [6.45, 7) is 2.78. The van der Waals surface area contributed by atoms with Crippen molar-refractivity contribution < 1.29 is 22.4 Å². The number of amides is 1. The molecule has 0 radical (unpaired) electrons. The van der Waals surface area contributed by atoms with Crippen molar-refractivity contribution in [1.82, 2.24) is 4.90 Å². The van der Waals surface area contributed by atoms with Crippen molar-refractivity contribution in [3.05, 3.63) is 29.8 Å². The van der Waals surface area contributed by atoms with Crippen LogP contribution in [0.1, 0.15) is 19.4 Å². The predicted octanol–water partition coefficient (Wildman–Crippen LogP) is 2.91. The maximum Gasteiger partial charge on any atom is 0.383 e. The fourth-order valence-electron chi connectivity index (χ4n) is 1.59. The molecule has 0 saturated carbocycles. The third-order valence-corrected chi connectivity index (χ3v) is 2.78. The molecule has 0 heterocycles. The molecular formula is C13H16F4N2O. The van der Waals surface area contributed by atoms with Crippen molar-refractivity contribution in [3.63, 3.8) is 0 Å². The van der Waals surface area contributed by atoms with Crippen LogP contribution in [-0.4, -0.2) is 29.2 Å². The lowest BCUT2D eigenvalue weighted by molar-refractivity contribution is -0.183. The third kappa shape index (κ3) is 3.61. The predicted molar refractivity (Wildman–Crippen MR) is 67.5 cm³/mol. The number of alkyl halides is 4. The number of hydrogen-bond donors (Lipinski definition) is 1. The van der Waals surface area contributed by atoms with Gasteiger partial charge in [0.05, 0.1) is 0 Å². The zero-order valence-electron chi connectivity index (χ0n) is 11.1. The van der Waals surface area contributed by atoms with E-state index in [1.54, 1.807) is 24.3 Å². The van der Waals surface area contributed by atoms with Gasteiger partial charge in [0.25, 0.3) is 5.91 Å². The zero-order chi connectivity index (χ0) is 15.5. The van der Waals surface area contributed by atoms with Crippen molar-refractivity contribution in [1.29, 1.82) is 0 Å². The summed E-state index contributed by atoms with van der Waals surface area (Å²) >= 11 is 0. The first-order valence-electron chi connectivity index (χ1n) is 5.97. The smallest absolute Gasteiger partial charge is 0.383 e. The van der Waals surface area contributed by atoms with Gasteiger partial charge in [-0.05, 0) is 31.5 Å². The fourth-order valence-corrected chi connectivity index (χ4v) is 1.59. The molecule has 0 aromatic heterocycles. The Labute approximate surface area is 114 Å². The number of nitrogen functional groups attached to an aromatic ring is 1.